The Morgan fingerprint density at radius 3 is 2.28 bits per heavy atom. The van der Waals surface area contributed by atoms with Crippen molar-refractivity contribution in [3.05, 3.63) is 11.6 Å². The first-order valence-electron chi connectivity index (χ1n) is 8.29. The molecule has 0 bridgehead atoms. The fraction of sp³-hybridized carbons (Fsp3) is 0.812. The minimum Gasteiger partial charge on any atom is -0.444 e. The van der Waals surface area contributed by atoms with Gasteiger partial charge >= 0.3 is 13.7 Å². The molecule has 1 amide bonds. The third-order valence-corrected chi connectivity index (χ3v) is 5.17. The second-order valence-electron chi connectivity index (χ2n) is 7.00. The van der Waals surface area contributed by atoms with Crippen LogP contribution in [0.15, 0.2) is 11.6 Å². The Balaban J connectivity index is 3.12. The summed E-state index contributed by atoms with van der Waals surface area (Å²) in [5.74, 6) is 0. The molecule has 1 saturated heterocycles. The van der Waals surface area contributed by atoms with Gasteiger partial charge in [0.2, 0.25) is 5.57 Å². The molecule has 7 nitrogen and oxygen atoms in total. The van der Waals surface area contributed by atoms with Gasteiger partial charge in [0, 0.05) is 0 Å². The smallest absolute Gasteiger partial charge is 0.413 e. The summed E-state index contributed by atoms with van der Waals surface area (Å²) >= 11 is 0. The van der Waals surface area contributed by atoms with E-state index in [1.165, 1.54) is 4.90 Å². The molecule has 9 heteroatoms. The van der Waals surface area contributed by atoms with Crippen molar-refractivity contribution in [3.63, 3.8) is 0 Å². The van der Waals surface area contributed by atoms with Crippen molar-refractivity contribution in [2.45, 2.75) is 65.8 Å². The summed E-state index contributed by atoms with van der Waals surface area (Å²) in [6.45, 7) is 11.8. The van der Waals surface area contributed by atoms with E-state index in [2.05, 4.69) is 0 Å². The van der Waals surface area contributed by atoms with Gasteiger partial charge in [0.15, 0.2) is 0 Å². The second kappa shape index (κ2) is 8.16. The molecule has 1 fully saturated rings. The van der Waals surface area contributed by atoms with Crippen LogP contribution in [0.25, 0.3) is 0 Å². The van der Waals surface area contributed by atoms with E-state index in [4.69, 9.17) is 18.5 Å². The first-order chi connectivity index (χ1) is 11.4. The Kier molecular flexibility index (Phi) is 7.21. The topological polar surface area (TPSA) is 74.3 Å². The van der Waals surface area contributed by atoms with E-state index >= 15 is 0 Å². The molecule has 0 spiro atoms. The van der Waals surface area contributed by atoms with Gasteiger partial charge in [-0.1, -0.05) is 0 Å². The lowest BCUT2D eigenvalue weighted by atomic mass is 10.2. The molecule has 0 radical (unpaired) electrons. The van der Waals surface area contributed by atoms with Crippen LogP contribution in [0, 0.1) is 0 Å². The molecule has 1 aliphatic rings. The molecule has 1 unspecified atom stereocenters. The van der Waals surface area contributed by atoms with E-state index < -0.39 is 36.6 Å². The zero-order chi connectivity index (χ0) is 19.5. The number of carbonyl (C=O) groups is 1. The van der Waals surface area contributed by atoms with Gasteiger partial charge in [-0.15, -0.1) is 0 Å². The molecule has 1 heterocycles. The standard InChI is InChI=1S/C16H29FNO6P/c1-8-22-25(20,23-9-2)13(17)10-12-11-21-16(6,7)18(12)14(19)24-15(3,4)5/h10,12H,8-9,11H2,1-7H3/b13-10+. The normalized spacial score (nSPS) is 21.5. The monoisotopic (exact) mass is 381 g/mol. The van der Waals surface area contributed by atoms with Crippen molar-refractivity contribution in [2.75, 3.05) is 19.8 Å². The van der Waals surface area contributed by atoms with Gasteiger partial charge in [-0.3, -0.25) is 9.46 Å². The molecule has 0 aromatic rings. The predicted octanol–water partition coefficient (Wildman–Crippen LogP) is 4.44. The van der Waals surface area contributed by atoms with Crippen LogP contribution in [0.2, 0.25) is 0 Å². The zero-order valence-corrected chi connectivity index (χ0v) is 16.9. The molecular formula is C16H29FNO6P. The Morgan fingerprint density at radius 1 is 1.32 bits per heavy atom. The quantitative estimate of drug-likeness (QED) is 0.634. The number of nitrogens with zero attached hydrogens (tertiary/aromatic N) is 1. The summed E-state index contributed by atoms with van der Waals surface area (Å²) in [4.78, 5) is 13.8. The fourth-order valence-corrected chi connectivity index (χ4v) is 3.73. The van der Waals surface area contributed by atoms with Gasteiger partial charge < -0.3 is 18.5 Å². The maximum atomic E-state index is 14.6. The summed E-state index contributed by atoms with van der Waals surface area (Å²) in [6, 6.07) is -0.793. The average Bonchev–Trinajstić information content (AvgIpc) is 2.72. The van der Waals surface area contributed by atoms with Gasteiger partial charge in [0.1, 0.15) is 11.3 Å². The number of hydrogen-bond acceptors (Lipinski definition) is 6. The number of hydrogen-bond donors (Lipinski definition) is 0. The molecule has 25 heavy (non-hydrogen) atoms. The summed E-state index contributed by atoms with van der Waals surface area (Å²) < 4.78 is 48.0. The largest absolute Gasteiger partial charge is 0.444 e. The first-order valence-corrected chi connectivity index (χ1v) is 9.84. The van der Waals surface area contributed by atoms with Crippen LogP contribution < -0.4 is 0 Å². The van der Waals surface area contributed by atoms with Gasteiger partial charge in [0.05, 0.1) is 25.9 Å². The average molecular weight is 381 g/mol. The molecule has 0 N–H and O–H groups in total. The summed E-state index contributed by atoms with van der Waals surface area (Å²) in [7, 11) is -4.04. The number of ether oxygens (including phenoxy) is 2. The highest BCUT2D eigenvalue weighted by Crippen LogP contribution is 2.57. The van der Waals surface area contributed by atoms with Gasteiger partial charge in [-0.05, 0) is 54.5 Å². The molecular weight excluding hydrogens is 352 g/mol. The molecule has 1 rings (SSSR count). The molecule has 0 saturated carbocycles. The third kappa shape index (κ3) is 5.78. The lowest BCUT2D eigenvalue weighted by Crippen LogP contribution is -2.49. The molecule has 0 aliphatic carbocycles. The molecule has 1 aliphatic heterocycles. The van der Waals surface area contributed by atoms with Gasteiger partial charge in [-0.25, -0.2) is 4.79 Å². The van der Waals surface area contributed by atoms with Crippen LogP contribution in [-0.4, -0.2) is 48.2 Å². The highest BCUT2D eigenvalue weighted by Gasteiger charge is 2.46. The number of halogens is 1. The van der Waals surface area contributed by atoms with Crippen molar-refractivity contribution >= 4 is 13.7 Å². The van der Waals surface area contributed by atoms with Crippen molar-refractivity contribution in [1.29, 1.82) is 0 Å². The lowest BCUT2D eigenvalue weighted by molar-refractivity contribution is -0.0610. The molecule has 1 atom stereocenters. The van der Waals surface area contributed by atoms with E-state index in [0.29, 0.717) is 0 Å². The van der Waals surface area contributed by atoms with E-state index in [0.717, 1.165) is 6.08 Å². The third-order valence-electron chi connectivity index (χ3n) is 3.30. The minimum absolute atomic E-state index is 0.0287. The number of carbonyl (C=O) groups excluding carboxylic acids is 1. The maximum absolute atomic E-state index is 14.6. The minimum atomic E-state index is -4.04. The van der Waals surface area contributed by atoms with Crippen molar-refractivity contribution in [1.82, 2.24) is 4.90 Å². The van der Waals surface area contributed by atoms with Crippen molar-refractivity contribution in [3.8, 4) is 0 Å². The fourth-order valence-electron chi connectivity index (χ4n) is 2.37. The highest BCUT2D eigenvalue weighted by molar-refractivity contribution is 7.58. The highest BCUT2D eigenvalue weighted by atomic mass is 31.2. The van der Waals surface area contributed by atoms with E-state index in [1.807, 2.05) is 0 Å². The lowest BCUT2D eigenvalue weighted by Gasteiger charge is -2.34. The van der Waals surface area contributed by atoms with Crippen LogP contribution >= 0.6 is 7.60 Å². The van der Waals surface area contributed by atoms with E-state index in [1.54, 1.807) is 48.5 Å². The Morgan fingerprint density at radius 2 is 1.84 bits per heavy atom. The first kappa shape index (κ1) is 22.1. The Hall–Kier alpha value is -0.950. The van der Waals surface area contributed by atoms with Gasteiger partial charge in [-0.2, -0.15) is 4.39 Å². The van der Waals surface area contributed by atoms with Crippen molar-refractivity contribution < 1.29 is 32.3 Å². The van der Waals surface area contributed by atoms with Crippen LogP contribution in [0.3, 0.4) is 0 Å². The second-order valence-corrected chi connectivity index (χ2v) is 8.94. The molecule has 0 aromatic heterocycles. The SMILES string of the molecule is CCOP(=O)(OCC)/C(F)=C/C1COC(C)(C)N1C(=O)OC(C)(C)C. The molecule has 146 valence electrons. The van der Waals surface area contributed by atoms with E-state index in [-0.39, 0.29) is 19.8 Å². The van der Waals surface area contributed by atoms with Crippen molar-refractivity contribution in [2.24, 2.45) is 0 Å². The summed E-state index contributed by atoms with van der Waals surface area (Å²) in [6.07, 6.45) is 0.400. The maximum Gasteiger partial charge on any atom is 0.413 e. The van der Waals surface area contributed by atoms with Crippen LogP contribution in [-0.2, 0) is 23.1 Å². The number of rotatable bonds is 6. The van der Waals surface area contributed by atoms with Crippen LogP contribution in [0.1, 0.15) is 48.5 Å². The molecule has 0 aromatic carbocycles. The van der Waals surface area contributed by atoms with Gasteiger partial charge in [0.25, 0.3) is 0 Å². The zero-order valence-electron chi connectivity index (χ0n) is 16.0. The van der Waals surface area contributed by atoms with E-state index in [9.17, 15) is 13.8 Å². The Labute approximate surface area is 149 Å². The number of amides is 1. The summed E-state index contributed by atoms with van der Waals surface area (Å²) in [5, 5.41) is 0. The van der Waals surface area contributed by atoms with Crippen LogP contribution in [0.5, 0.6) is 0 Å². The summed E-state index contributed by atoms with van der Waals surface area (Å²) in [5.41, 5.74) is -2.75. The predicted molar refractivity (Wildman–Crippen MR) is 91.9 cm³/mol. The Bertz CT molecular complexity index is 547. The van der Waals surface area contributed by atoms with Crippen LogP contribution in [0.4, 0.5) is 9.18 Å².